The van der Waals surface area contributed by atoms with Crippen molar-refractivity contribution in [3.63, 3.8) is 0 Å². The second-order valence-electron chi connectivity index (χ2n) is 3.68. The Labute approximate surface area is 117 Å². The van der Waals surface area contributed by atoms with Crippen LogP contribution in [0.4, 0.5) is 0 Å². The maximum atomic E-state index is 5.61. The van der Waals surface area contributed by atoms with Crippen molar-refractivity contribution in [3.05, 3.63) is 45.1 Å². The highest BCUT2D eigenvalue weighted by Crippen LogP contribution is 2.31. The molecule has 0 fully saturated rings. The van der Waals surface area contributed by atoms with Crippen LogP contribution in [0.5, 0.6) is 0 Å². The molecular weight excluding hydrogens is 350 g/mol. The minimum atomic E-state index is 0.00868. The topological polar surface area (TPSA) is 38.3 Å². The zero-order valence-corrected chi connectivity index (χ0v) is 12.5. The fourth-order valence-corrected chi connectivity index (χ4v) is 2.43. The van der Waals surface area contributed by atoms with E-state index in [2.05, 4.69) is 44.1 Å². The van der Waals surface area contributed by atoms with Crippen LogP contribution in [0, 0.1) is 0 Å². The van der Waals surface area contributed by atoms with Crippen LogP contribution < -0.4 is 5.32 Å². The molecule has 17 heavy (non-hydrogen) atoms. The lowest BCUT2D eigenvalue weighted by atomic mass is 10.1. The lowest BCUT2D eigenvalue weighted by Gasteiger charge is -2.15. The number of rotatable bonds is 5. The van der Waals surface area contributed by atoms with Crippen LogP contribution in [-0.4, -0.2) is 6.54 Å². The van der Waals surface area contributed by atoms with Gasteiger partial charge in [0.25, 0.3) is 0 Å². The third-order valence-electron chi connectivity index (χ3n) is 2.43. The van der Waals surface area contributed by atoms with Gasteiger partial charge in [0, 0.05) is 5.56 Å². The summed E-state index contributed by atoms with van der Waals surface area (Å²) in [7, 11) is 0. The van der Waals surface area contributed by atoms with Crippen LogP contribution in [0.25, 0.3) is 0 Å². The van der Waals surface area contributed by atoms with E-state index in [1.54, 1.807) is 6.26 Å². The van der Waals surface area contributed by atoms with Crippen LogP contribution in [-0.2, 0) is 0 Å². The molecule has 0 radical (unpaired) electrons. The summed E-state index contributed by atoms with van der Waals surface area (Å²) in [5.74, 6) is 0.868. The summed E-state index contributed by atoms with van der Waals surface area (Å²) in [6.45, 7) is 3.05. The summed E-state index contributed by atoms with van der Waals surface area (Å²) >= 11 is 6.72. The molecule has 2 aromatic heterocycles. The summed E-state index contributed by atoms with van der Waals surface area (Å²) in [6, 6.07) is 5.80. The third kappa shape index (κ3) is 3.03. The summed E-state index contributed by atoms with van der Waals surface area (Å²) in [5, 5.41) is 3.44. The van der Waals surface area contributed by atoms with Gasteiger partial charge in [-0.3, -0.25) is 0 Å². The van der Waals surface area contributed by atoms with Crippen LogP contribution >= 0.6 is 31.9 Å². The molecule has 0 aliphatic rings. The molecular formula is C12H13Br2NO2. The lowest BCUT2D eigenvalue weighted by molar-refractivity contribution is 0.428. The van der Waals surface area contributed by atoms with E-state index in [1.165, 1.54) is 0 Å². The molecule has 1 unspecified atom stereocenters. The Hall–Kier alpha value is -0.520. The molecule has 0 aliphatic carbocycles. The SMILES string of the molecule is CCCNC(c1ccc(Br)o1)c1ccoc1Br. The maximum Gasteiger partial charge on any atom is 0.174 e. The van der Waals surface area contributed by atoms with Gasteiger partial charge in [-0.15, -0.1) is 0 Å². The van der Waals surface area contributed by atoms with Crippen molar-refractivity contribution in [2.45, 2.75) is 19.4 Å². The fourth-order valence-electron chi connectivity index (χ4n) is 1.65. The Bertz CT molecular complexity index is 478. The van der Waals surface area contributed by atoms with Gasteiger partial charge in [-0.05, 0) is 63.0 Å². The smallest absolute Gasteiger partial charge is 0.174 e. The van der Waals surface area contributed by atoms with Crippen LogP contribution in [0.1, 0.15) is 30.7 Å². The number of hydrogen-bond donors (Lipinski definition) is 1. The summed E-state index contributed by atoms with van der Waals surface area (Å²) in [5.41, 5.74) is 1.04. The quantitative estimate of drug-likeness (QED) is 0.851. The summed E-state index contributed by atoms with van der Waals surface area (Å²) in [6.07, 6.45) is 2.73. The number of furan rings is 2. The number of hydrogen-bond acceptors (Lipinski definition) is 3. The zero-order chi connectivity index (χ0) is 12.3. The van der Waals surface area contributed by atoms with Gasteiger partial charge in [-0.1, -0.05) is 6.92 Å². The Balaban J connectivity index is 2.28. The summed E-state index contributed by atoms with van der Waals surface area (Å²) in [4.78, 5) is 0. The predicted octanol–water partition coefficient (Wildman–Crippen LogP) is 4.49. The van der Waals surface area contributed by atoms with E-state index >= 15 is 0 Å². The fraction of sp³-hybridized carbons (Fsp3) is 0.333. The first-order chi connectivity index (χ1) is 8.22. The Morgan fingerprint density at radius 1 is 1.29 bits per heavy atom. The highest BCUT2D eigenvalue weighted by molar-refractivity contribution is 9.10. The van der Waals surface area contributed by atoms with Crippen molar-refractivity contribution < 1.29 is 8.83 Å². The van der Waals surface area contributed by atoms with Crippen molar-refractivity contribution in [2.75, 3.05) is 6.54 Å². The molecule has 0 saturated heterocycles. The molecule has 0 spiro atoms. The standard InChI is InChI=1S/C12H13Br2NO2/c1-2-6-15-11(8-5-7-16-12(8)14)9-3-4-10(13)17-9/h3-5,7,11,15H,2,6H2,1H3. The van der Waals surface area contributed by atoms with Crippen LogP contribution in [0.3, 0.4) is 0 Å². The molecule has 2 heterocycles. The normalized spacial score (nSPS) is 12.9. The zero-order valence-electron chi connectivity index (χ0n) is 9.37. The minimum absolute atomic E-state index is 0.00868. The van der Waals surface area contributed by atoms with Crippen LogP contribution in [0.2, 0.25) is 0 Å². The minimum Gasteiger partial charge on any atom is -0.457 e. The molecule has 1 N–H and O–H groups in total. The van der Waals surface area contributed by atoms with Gasteiger partial charge in [0.2, 0.25) is 0 Å². The van der Waals surface area contributed by atoms with E-state index in [4.69, 9.17) is 8.83 Å². The molecule has 2 rings (SSSR count). The van der Waals surface area contributed by atoms with E-state index in [1.807, 2.05) is 18.2 Å². The first-order valence-corrected chi connectivity index (χ1v) is 7.02. The van der Waals surface area contributed by atoms with Crippen molar-refractivity contribution in [2.24, 2.45) is 0 Å². The van der Waals surface area contributed by atoms with Crippen molar-refractivity contribution in [1.29, 1.82) is 0 Å². The highest BCUT2D eigenvalue weighted by atomic mass is 79.9. The second kappa shape index (κ2) is 5.89. The van der Waals surface area contributed by atoms with Gasteiger partial charge in [0.1, 0.15) is 5.76 Å². The molecule has 1 atom stereocenters. The average molecular weight is 363 g/mol. The molecule has 2 aromatic rings. The average Bonchev–Trinajstić information content (AvgIpc) is 2.90. The van der Waals surface area contributed by atoms with Crippen molar-refractivity contribution >= 4 is 31.9 Å². The van der Waals surface area contributed by atoms with Gasteiger partial charge in [0.15, 0.2) is 9.34 Å². The van der Waals surface area contributed by atoms with Gasteiger partial charge >= 0.3 is 0 Å². The monoisotopic (exact) mass is 361 g/mol. The molecule has 0 aromatic carbocycles. The third-order valence-corrected chi connectivity index (χ3v) is 3.50. The molecule has 3 nitrogen and oxygen atoms in total. The molecule has 0 aliphatic heterocycles. The number of halogens is 2. The Morgan fingerprint density at radius 2 is 2.12 bits per heavy atom. The van der Waals surface area contributed by atoms with Crippen molar-refractivity contribution in [3.8, 4) is 0 Å². The van der Waals surface area contributed by atoms with Gasteiger partial charge in [-0.2, -0.15) is 0 Å². The number of nitrogens with one attached hydrogen (secondary N) is 1. The van der Waals surface area contributed by atoms with E-state index in [0.29, 0.717) is 0 Å². The first kappa shape index (κ1) is 12.9. The van der Waals surface area contributed by atoms with E-state index in [9.17, 15) is 0 Å². The lowest BCUT2D eigenvalue weighted by Crippen LogP contribution is -2.22. The Morgan fingerprint density at radius 3 is 2.65 bits per heavy atom. The van der Waals surface area contributed by atoms with Gasteiger partial charge < -0.3 is 14.2 Å². The second-order valence-corrected chi connectivity index (χ2v) is 5.18. The van der Waals surface area contributed by atoms with E-state index < -0.39 is 0 Å². The molecule has 0 saturated carbocycles. The van der Waals surface area contributed by atoms with E-state index in [-0.39, 0.29) is 6.04 Å². The molecule has 0 amide bonds. The van der Waals surface area contributed by atoms with Gasteiger partial charge in [0.05, 0.1) is 12.3 Å². The largest absolute Gasteiger partial charge is 0.457 e. The van der Waals surface area contributed by atoms with E-state index in [0.717, 1.165) is 33.6 Å². The molecule has 5 heteroatoms. The molecule has 92 valence electrons. The van der Waals surface area contributed by atoms with Gasteiger partial charge in [-0.25, -0.2) is 0 Å². The predicted molar refractivity (Wildman–Crippen MR) is 73.0 cm³/mol. The first-order valence-electron chi connectivity index (χ1n) is 5.44. The van der Waals surface area contributed by atoms with Crippen LogP contribution in [0.15, 0.2) is 42.6 Å². The summed E-state index contributed by atoms with van der Waals surface area (Å²) < 4.78 is 12.4. The highest BCUT2D eigenvalue weighted by Gasteiger charge is 2.21. The Kier molecular flexibility index (Phi) is 4.48. The molecule has 0 bridgehead atoms. The van der Waals surface area contributed by atoms with Crippen molar-refractivity contribution in [1.82, 2.24) is 5.32 Å². The maximum absolute atomic E-state index is 5.61.